The summed E-state index contributed by atoms with van der Waals surface area (Å²) in [4.78, 5) is 39.6. The van der Waals surface area contributed by atoms with Crippen LogP contribution in [0.3, 0.4) is 0 Å². The van der Waals surface area contributed by atoms with Crippen molar-refractivity contribution in [3.63, 3.8) is 0 Å². The fourth-order valence-corrected chi connectivity index (χ4v) is 2.03. The number of amides is 1. The van der Waals surface area contributed by atoms with Crippen LogP contribution in [0, 0.1) is 0 Å². The molecule has 0 fully saturated rings. The van der Waals surface area contributed by atoms with Crippen LogP contribution in [0.4, 0.5) is 5.69 Å². The first-order valence-corrected chi connectivity index (χ1v) is 6.70. The molecule has 0 aliphatic rings. The molecule has 0 spiro atoms. The minimum Gasteiger partial charge on any atom is -0.356 e. The molecule has 0 saturated heterocycles. The minimum atomic E-state index is -0.655. The zero-order valence-corrected chi connectivity index (χ0v) is 12.0. The predicted molar refractivity (Wildman–Crippen MR) is 81.3 cm³/mol. The molecular weight excluding hydrogens is 300 g/mol. The Bertz CT molecular complexity index is 935. The fourth-order valence-electron chi connectivity index (χ4n) is 2.03. The number of nitrogens with one attached hydrogen (secondary N) is 3. The standard InChI is InChI=1S/C15H12N4O4/c1-8(20)10-6-12(16-7-10)14(21)17-11-4-2-3-9(5-11)13-18-15(22)23-19-13/h2-7,16H,1H3,(H,17,21)(H,18,19,22). The molecule has 3 aromatic rings. The Morgan fingerprint density at radius 1 is 1.26 bits per heavy atom. The number of carbonyl (C=O) groups is 2. The van der Waals surface area contributed by atoms with Crippen molar-refractivity contribution in [2.45, 2.75) is 6.92 Å². The van der Waals surface area contributed by atoms with Crippen LogP contribution in [-0.2, 0) is 0 Å². The van der Waals surface area contributed by atoms with Crippen LogP contribution in [-0.4, -0.2) is 26.8 Å². The molecule has 2 heterocycles. The third-order valence-electron chi connectivity index (χ3n) is 3.17. The summed E-state index contributed by atoms with van der Waals surface area (Å²) in [6.45, 7) is 1.42. The van der Waals surface area contributed by atoms with Gasteiger partial charge in [0.2, 0.25) is 0 Å². The number of Topliss-reactive ketones (excluding diaryl/α,β-unsaturated/α-hetero) is 1. The van der Waals surface area contributed by atoms with Gasteiger partial charge in [0.25, 0.3) is 5.91 Å². The van der Waals surface area contributed by atoms with Gasteiger partial charge in [-0.05, 0) is 25.1 Å². The molecular formula is C15H12N4O4. The van der Waals surface area contributed by atoms with E-state index >= 15 is 0 Å². The molecule has 0 radical (unpaired) electrons. The molecule has 0 aliphatic heterocycles. The topological polar surface area (TPSA) is 121 Å². The summed E-state index contributed by atoms with van der Waals surface area (Å²) in [5, 5.41) is 6.28. The van der Waals surface area contributed by atoms with Gasteiger partial charge in [-0.1, -0.05) is 17.3 Å². The quantitative estimate of drug-likeness (QED) is 0.634. The number of anilines is 1. The third-order valence-corrected chi connectivity index (χ3v) is 3.17. The van der Waals surface area contributed by atoms with Crippen molar-refractivity contribution >= 4 is 17.4 Å². The average molecular weight is 312 g/mol. The first kappa shape index (κ1) is 14.5. The van der Waals surface area contributed by atoms with Gasteiger partial charge in [-0.15, -0.1) is 0 Å². The summed E-state index contributed by atoms with van der Waals surface area (Å²) in [5.74, 6) is -0.900. The van der Waals surface area contributed by atoms with E-state index in [4.69, 9.17) is 0 Å². The minimum absolute atomic E-state index is 0.128. The Balaban J connectivity index is 1.81. The number of hydrogen-bond donors (Lipinski definition) is 3. The maximum atomic E-state index is 12.2. The van der Waals surface area contributed by atoms with Gasteiger partial charge in [0.05, 0.1) is 0 Å². The fraction of sp³-hybridized carbons (Fsp3) is 0.0667. The van der Waals surface area contributed by atoms with E-state index in [1.165, 1.54) is 19.2 Å². The highest BCUT2D eigenvalue weighted by atomic mass is 16.5. The summed E-state index contributed by atoms with van der Waals surface area (Å²) in [7, 11) is 0. The Labute approximate surface area is 129 Å². The van der Waals surface area contributed by atoms with Crippen LogP contribution >= 0.6 is 0 Å². The first-order valence-electron chi connectivity index (χ1n) is 6.70. The number of aromatic nitrogens is 3. The zero-order valence-electron chi connectivity index (χ0n) is 12.0. The number of rotatable bonds is 4. The van der Waals surface area contributed by atoms with Crippen molar-refractivity contribution in [2.75, 3.05) is 5.32 Å². The smallest absolute Gasteiger partial charge is 0.356 e. The van der Waals surface area contributed by atoms with Crippen molar-refractivity contribution in [2.24, 2.45) is 0 Å². The number of nitrogens with zero attached hydrogens (tertiary/aromatic N) is 1. The lowest BCUT2D eigenvalue weighted by Crippen LogP contribution is -2.12. The van der Waals surface area contributed by atoms with Gasteiger partial charge >= 0.3 is 5.76 Å². The number of hydrogen-bond acceptors (Lipinski definition) is 5. The highest BCUT2D eigenvalue weighted by molar-refractivity contribution is 6.05. The molecule has 2 aromatic heterocycles. The monoisotopic (exact) mass is 312 g/mol. The Morgan fingerprint density at radius 2 is 2.09 bits per heavy atom. The van der Waals surface area contributed by atoms with Gasteiger partial charge in [0.15, 0.2) is 11.6 Å². The SMILES string of the molecule is CC(=O)c1c[nH]c(C(=O)Nc2cccc(-c3noc(=O)[nH]3)c2)c1. The van der Waals surface area contributed by atoms with Crippen LogP contribution in [0.1, 0.15) is 27.8 Å². The van der Waals surface area contributed by atoms with Gasteiger partial charge < -0.3 is 10.3 Å². The van der Waals surface area contributed by atoms with Crippen LogP contribution in [0.5, 0.6) is 0 Å². The zero-order chi connectivity index (χ0) is 16.4. The lowest BCUT2D eigenvalue weighted by molar-refractivity contribution is 0.101. The van der Waals surface area contributed by atoms with E-state index in [9.17, 15) is 14.4 Å². The summed E-state index contributed by atoms with van der Waals surface area (Å²) >= 11 is 0. The number of benzene rings is 1. The maximum absolute atomic E-state index is 12.2. The Morgan fingerprint density at radius 3 is 2.74 bits per heavy atom. The molecule has 1 amide bonds. The van der Waals surface area contributed by atoms with Crippen molar-refractivity contribution < 1.29 is 14.1 Å². The van der Waals surface area contributed by atoms with Crippen LogP contribution in [0.2, 0.25) is 0 Å². The van der Waals surface area contributed by atoms with E-state index in [2.05, 4.69) is 25.0 Å². The highest BCUT2D eigenvalue weighted by Crippen LogP contribution is 2.19. The number of H-pyrrole nitrogens is 2. The number of ketones is 1. The molecule has 116 valence electrons. The van der Waals surface area contributed by atoms with Crippen molar-refractivity contribution in [3.05, 3.63) is 58.3 Å². The molecule has 0 bridgehead atoms. The van der Waals surface area contributed by atoms with E-state index < -0.39 is 5.76 Å². The second kappa shape index (κ2) is 5.76. The summed E-state index contributed by atoms with van der Waals surface area (Å²) in [5.41, 5.74) is 1.81. The lowest BCUT2D eigenvalue weighted by Gasteiger charge is -2.05. The summed E-state index contributed by atoms with van der Waals surface area (Å²) < 4.78 is 4.45. The number of carbonyl (C=O) groups excluding carboxylic acids is 2. The molecule has 3 N–H and O–H groups in total. The summed E-state index contributed by atoms with van der Waals surface area (Å²) in [6, 6.07) is 8.23. The van der Waals surface area contributed by atoms with E-state index in [1.807, 2.05) is 0 Å². The normalized spacial score (nSPS) is 10.5. The Hall–Kier alpha value is -3.42. The van der Waals surface area contributed by atoms with Gasteiger partial charge in [-0.2, -0.15) is 0 Å². The maximum Gasteiger partial charge on any atom is 0.439 e. The van der Waals surface area contributed by atoms with Gasteiger partial charge in [-0.25, -0.2) is 4.79 Å². The molecule has 0 aliphatic carbocycles. The van der Waals surface area contributed by atoms with Gasteiger partial charge in [0, 0.05) is 23.0 Å². The molecule has 23 heavy (non-hydrogen) atoms. The predicted octanol–water partition coefficient (Wildman–Crippen LogP) is 1.81. The molecule has 1 aromatic carbocycles. The van der Waals surface area contributed by atoms with Crippen molar-refractivity contribution in [3.8, 4) is 11.4 Å². The molecule has 0 saturated carbocycles. The van der Waals surface area contributed by atoms with Crippen LogP contribution in [0.15, 0.2) is 45.8 Å². The van der Waals surface area contributed by atoms with Gasteiger partial charge in [0.1, 0.15) is 5.69 Å². The van der Waals surface area contributed by atoms with E-state index in [1.54, 1.807) is 24.3 Å². The van der Waals surface area contributed by atoms with Crippen LogP contribution < -0.4 is 11.1 Å². The molecule has 0 atom stereocenters. The first-order chi connectivity index (χ1) is 11.0. The molecule has 3 rings (SSSR count). The highest BCUT2D eigenvalue weighted by Gasteiger charge is 2.12. The van der Waals surface area contributed by atoms with Crippen LogP contribution in [0.25, 0.3) is 11.4 Å². The molecule has 8 nitrogen and oxygen atoms in total. The Kier molecular flexibility index (Phi) is 3.63. The molecule has 8 heteroatoms. The van der Waals surface area contributed by atoms with Gasteiger partial charge in [-0.3, -0.25) is 19.1 Å². The third kappa shape index (κ3) is 3.10. The average Bonchev–Trinajstić information content (AvgIpc) is 3.16. The van der Waals surface area contributed by atoms with E-state index in [0.717, 1.165) is 0 Å². The van der Waals surface area contributed by atoms with Crippen molar-refractivity contribution in [1.29, 1.82) is 0 Å². The lowest BCUT2D eigenvalue weighted by atomic mass is 10.2. The molecule has 0 unspecified atom stereocenters. The van der Waals surface area contributed by atoms with E-state index in [0.29, 0.717) is 16.8 Å². The van der Waals surface area contributed by atoms with E-state index in [-0.39, 0.29) is 23.2 Å². The van der Waals surface area contributed by atoms with Crippen molar-refractivity contribution in [1.82, 2.24) is 15.1 Å². The second-order valence-corrected chi connectivity index (χ2v) is 4.84. The second-order valence-electron chi connectivity index (χ2n) is 4.84. The largest absolute Gasteiger partial charge is 0.439 e. The number of aromatic amines is 2. The summed E-state index contributed by atoms with van der Waals surface area (Å²) in [6.07, 6.45) is 1.48.